The minimum Gasteiger partial charge on any atom is -0.494 e. The summed E-state index contributed by atoms with van der Waals surface area (Å²) in [6.07, 6.45) is 0. The molecule has 0 heterocycles. The number of nitriles is 1. The second kappa shape index (κ2) is 6.83. The van der Waals surface area contributed by atoms with E-state index >= 15 is 0 Å². The monoisotopic (exact) mass is 286 g/mol. The number of hydrogen-bond donors (Lipinski definition) is 1. The molecule has 1 N–H and O–H groups in total. The van der Waals surface area contributed by atoms with Crippen molar-refractivity contribution in [2.24, 2.45) is 0 Å². The molecule has 0 aliphatic carbocycles. The first kappa shape index (κ1) is 14.2. The van der Waals surface area contributed by atoms with Crippen molar-refractivity contribution in [3.63, 3.8) is 0 Å². The fraction of sp³-hybridized carbons (Fsp3) is 0.188. The highest BCUT2D eigenvalue weighted by molar-refractivity contribution is 6.30. The van der Waals surface area contributed by atoms with Gasteiger partial charge >= 0.3 is 0 Å². The molecule has 2 aromatic rings. The predicted octanol–water partition coefficient (Wildman–Crippen LogP) is 4.42. The van der Waals surface area contributed by atoms with Gasteiger partial charge in [-0.3, -0.25) is 0 Å². The summed E-state index contributed by atoms with van der Waals surface area (Å²) in [5.41, 5.74) is 1.72. The van der Waals surface area contributed by atoms with Gasteiger partial charge in [0.1, 0.15) is 11.8 Å². The number of nitrogens with one attached hydrogen (secondary N) is 1. The van der Waals surface area contributed by atoms with Crippen molar-refractivity contribution < 1.29 is 4.74 Å². The van der Waals surface area contributed by atoms with Gasteiger partial charge in [-0.2, -0.15) is 5.26 Å². The van der Waals surface area contributed by atoms with E-state index in [1.807, 2.05) is 43.3 Å². The Bertz CT molecular complexity index is 605. The first-order valence-corrected chi connectivity index (χ1v) is 6.75. The summed E-state index contributed by atoms with van der Waals surface area (Å²) in [7, 11) is 0. The highest BCUT2D eigenvalue weighted by Gasteiger charge is 2.11. The van der Waals surface area contributed by atoms with Crippen LogP contribution in [0.5, 0.6) is 5.75 Å². The van der Waals surface area contributed by atoms with E-state index in [0.717, 1.165) is 17.0 Å². The van der Waals surface area contributed by atoms with Gasteiger partial charge in [-0.15, -0.1) is 0 Å². The lowest BCUT2D eigenvalue weighted by Gasteiger charge is -2.14. The maximum atomic E-state index is 9.34. The SMILES string of the molecule is CCOc1cccc(C(C#N)Nc2ccc(Cl)cc2)c1. The molecule has 1 atom stereocenters. The van der Waals surface area contributed by atoms with Crippen molar-refractivity contribution in [2.75, 3.05) is 11.9 Å². The van der Waals surface area contributed by atoms with Gasteiger partial charge in [-0.05, 0) is 48.9 Å². The van der Waals surface area contributed by atoms with Gasteiger partial charge in [0.15, 0.2) is 0 Å². The van der Waals surface area contributed by atoms with Crippen molar-refractivity contribution in [3.8, 4) is 11.8 Å². The molecule has 3 nitrogen and oxygen atoms in total. The predicted molar refractivity (Wildman–Crippen MR) is 81.0 cm³/mol. The fourth-order valence-electron chi connectivity index (χ4n) is 1.85. The first-order chi connectivity index (χ1) is 9.72. The zero-order chi connectivity index (χ0) is 14.4. The second-order valence-corrected chi connectivity index (χ2v) is 4.66. The summed E-state index contributed by atoms with van der Waals surface area (Å²) >= 11 is 5.85. The number of ether oxygens (including phenoxy) is 1. The van der Waals surface area contributed by atoms with Crippen LogP contribution >= 0.6 is 11.6 Å². The van der Waals surface area contributed by atoms with E-state index in [-0.39, 0.29) is 0 Å². The Balaban J connectivity index is 2.17. The lowest BCUT2D eigenvalue weighted by molar-refractivity contribution is 0.340. The smallest absolute Gasteiger partial charge is 0.140 e. The van der Waals surface area contributed by atoms with Crippen LogP contribution in [0, 0.1) is 11.3 Å². The summed E-state index contributed by atoms with van der Waals surface area (Å²) < 4.78 is 5.45. The maximum Gasteiger partial charge on any atom is 0.140 e. The van der Waals surface area contributed by atoms with Gasteiger partial charge in [0.05, 0.1) is 12.7 Å². The van der Waals surface area contributed by atoms with Crippen molar-refractivity contribution in [3.05, 3.63) is 59.1 Å². The van der Waals surface area contributed by atoms with Gasteiger partial charge in [0, 0.05) is 10.7 Å². The third kappa shape index (κ3) is 3.66. The lowest BCUT2D eigenvalue weighted by atomic mass is 10.1. The Morgan fingerprint density at radius 3 is 2.65 bits per heavy atom. The Labute approximate surface area is 123 Å². The summed E-state index contributed by atoms with van der Waals surface area (Å²) in [4.78, 5) is 0. The van der Waals surface area contributed by atoms with Crippen molar-refractivity contribution in [2.45, 2.75) is 13.0 Å². The first-order valence-electron chi connectivity index (χ1n) is 6.37. The van der Waals surface area contributed by atoms with E-state index in [1.165, 1.54) is 0 Å². The van der Waals surface area contributed by atoms with Crippen LogP contribution in [0.1, 0.15) is 18.5 Å². The Morgan fingerprint density at radius 1 is 1.25 bits per heavy atom. The van der Waals surface area contributed by atoms with Crippen molar-refractivity contribution in [1.82, 2.24) is 0 Å². The van der Waals surface area contributed by atoms with Crippen molar-refractivity contribution in [1.29, 1.82) is 5.26 Å². The summed E-state index contributed by atoms with van der Waals surface area (Å²) in [6, 6.07) is 16.6. The highest BCUT2D eigenvalue weighted by atomic mass is 35.5. The number of anilines is 1. The highest BCUT2D eigenvalue weighted by Crippen LogP contribution is 2.23. The zero-order valence-corrected chi connectivity index (χ0v) is 11.9. The van der Waals surface area contributed by atoms with Gasteiger partial charge in [-0.1, -0.05) is 23.7 Å². The van der Waals surface area contributed by atoms with Crippen LogP contribution in [0.2, 0.25) is 5.02 Å². The third-order valence-electron chi connectivity index (χ3n) is 2.79. The van der Waals surface area contributed by atoms with E-state index in [4.69, 9.17) is 16.3 Å². The standard InChI is InChI=1S/C16H15ClN2O/c1-2-20-15-5-3-4-12(10-15)16(11-18)19-14-8-6-13(17)7-9-14/h3-10,16,19H,2H2,1H3. The van der Waals surface area contributed by atoms with Gasteiger partial charge in [0.25, 0.3) is 0 Å². The Hall–Kier alpha value is -2.18. The van der Waals surface area contributed by atoms with Gasteiger partial charge < -0.3 is 10.1 Å². The van der Waals surface area contributed by atoms with Crippen LogP contribution in [-0.2, 0) is 0 Å². The van der Waals surface area contributed by atoms with Crippen LogP contribution in [0.25, 0.3) is 0 Å². The van der Waals surface area contributed by atoms with Crippen molar-refractivity contribution >= 4 is 17.3 Å². The largest absolute Gasteiger partial charge is 0.494 e. The van der Waals surface area contributed by atoms with E-state index < -0.39 is 6.04 Å². The number of nitrogens with zero attached hydrogens (tertiary/aromatic N) is 1. The fourth-order valence-corrected chi connectivity index (χ4v) is 1.98. The molecule has 0 spiro atoms. The molecule has 102 valence electrons. The molecule has 0 saturated heterocycles. The van der Waals surface area contributed by atoms with Crippen LogP contribution in [0.4, 0.5) is 5.69 Å². The normalized spacial score (nSPS) is 11.4. The van der Waals surface area contributed by atoms with Gasteiger partial charge in [0.2, 0.25) is 0 Å². The average Bonchev–Trinajstić information content (AvgIpc) is 2.47. The number of benzene rings is 2. The molecule has 4 heteroatoms. The molecular formula is C16H15ClN2O. The maximum absolute atomic E-state index is 9.34. The van der Waals surface area contributed by atoms with Crippen LogP contribution < -0.4 is 10.1 Å². The van der Waals surface area contributed by atoms with E-state index in [9.17, 15) is 5.26 Å². The number of rotatable bonds is 5. The van der Waals surface area contributed by atoms with Crippen LogP contribution in [0.3, 0.4) is 0 Å². The molecule has 0 aliphatic heterocycles. The molecule has 2 rings (SSSR count). The van der Waals surface area contributed by atoms with E-state index in [0.29, 0.717) is 11.6 Å². The molecule has 0 aromatic heterocycles. The molecule has 2 aromatic carbocycles. The minimum atomic E-state index is -0.434. The molecule has 0 amide bonds. The van der Waals surface area contributed by atoms with E-state index in [1.54, 1.807) is 12.1 Å². The molecule has 0 radical (unpaired) electrons. The van der Waals surface area contributed by atoms with Crippen LogP contribution in [0.15, 0.2) is 48.5 Å². The molecular weight excluding hydrogens is 272 g/mol. The average molecular weight is 287 g/mol. The Morgan fingerprint density at radius 2 is 2.00 bits per heavy atom. The minimum absolute atomic E-state index is 0.434. The molecule has 0 aliphatic rings. The topological polar surface area (TPSA) is 45.0 Å². The molecule has 0 saturated carbocycles. The number of hydrogen-bond acceptors (Lipinski definition) is 3. The van der Waals surface area contributed by atoms with Crippen LogP contribution in [-0.4, -0.2) is 6.61 Å². The lowest BCUT2D eigenvalue weighted by Crippen LogP contribution is -2.08. The molecule has 1 unspecified atom stereocenters. The molecule has 20 heavy (non-hydrogen) atoms. The number of halogens is 1. The third-order valence-corrected chi connectivity index (χ3v) is 3.04. The molecule has 0 bridgehead atoms. The zero-order valence-electron chi connectivity index (χ0n) is 11.1. The molecule has 0 fully saturated rings. The summed E-state index contributed by atoms with van der Waals surface area (Å²) in [5, 5.41) is 13.2. The summed E-state index contributed by atoms with van der Waals surface area (Å²) in [6.45, 7) is 2.53. The quantitative estimate of drug-likeness (QED) is 0.885. The van der Waals surface area contributed by atoms with Gasteiger partial charge in [-0.25, -0.2) is 0 Å². The second-order valence-electron chi connectivity index (χ2n) is 4.22. The Kier molecular flexibility index (Phi) is 4.86. The van der Waals surface area contributed by atoms with E-state index in [2.05, 4.69) is 11.4 Å². The summed E-state index contributed by atoms with van der Waals surface area (Å²) in [5.74, 6) is 0.767.